The Morgan fingerprint density at radius 3 is 2.36 bits per heavy atom. The predicted molar refractivity (Wildman–Crippen MR) is 110 cm³/mol. The maximum atomic E-state index is 12.9. The minimum Gasteiger partial charge on any atom is -0.338 e. The topological polar surface area (TPSA) is 62.1 Å². The van der Waals surface area contributed by atoms with Gasteiger partial charge in [0.25, 0.3) is 5.91 Å². The Kier molecular flexibility index (Phi) is 6.78. The van der Waals surface area contributed by atoms with Crippen LogP contribution in [0.5, 0.6) is 0 Å². The molecular weight excluding hydrogens is 374 g/mol. The van der Waals surface area contributed by atoms with E-state index >= 15 is 0 Å². The van der Waals surface area contributed by atoms with Crippen LogP contribution in [-0.4, -0.2) is 69.3 Å². The van der Waals surface area contributed by atoms with Crippen LogP contribution >= 0.6 is 0 Å². The zero-order valence-electron chi connectivity index (χ0n) is 17.4. The van der Waals surface area contributed by atoms with Gasteiger partial charge >= 0.3 is 0 Å². The molecule has 7 heteroatoms. The van der Waals surface area contributed by atoms with E-state index in [-0.39, 0.29) is 5.91 Å². The highest BCUT2D eigenvalue weighted by Crippen LogP contribution is 2.21. The molecule has 156 valence electrons. The summed E-state index contributed by atoms with van der Waals surface area (Å²) in [7, 11) is -1.53. The molecule has 1 heterocycles. The van der Waals surface area contributed by atoms with Gasteiger partial charge in [0.15, 0.2) is 6.54 Å². The quantitative estimate of drug-likeness (QED) is 0.790. The molecule has 1 aliphatic carbocycles. The number of hydrogen-bond acceptors (Lipinski definition) is 3. The number of aryl methyl sites for hydroxylation is 2. The van der Waals surface area contributed by atoms with Crippen molar-refractivity contribution in [3.05, 3.63) is 29.3 Å². The van der Waals surface area contributed by atoms with Crippen molar-refractivity contribution in [3.63, 3.8) is 0 Å². The number of piperazine rings is 1. The SMILES string of the molecule is Cc1ccc(S(=O)(=O)N2CC[NH+](CC(=O)N(C)C3CCCCC3)CC2)cc1C. The van der Waals surface area contributed by atoms with Crippen LogP contribution in [0.2, 0.25) is 0 Å². The minimum atomic E-state index is -3.46. The third-order valence-electron chi connectivity index (χ3n) is 6.46. The highest BCUT2D eigenvalue weighted by molar-refractivity contribution is 7.89. The molecule has 1 saturated heterocycles. The summed E-state index contributed by atoms with van der Waals surface area (Å²) in [4.78, 5) is 16.1. The number of sulfonamides is 1. The third kappa shape index (κ3) is 4.75. The smallest absolute Gasteiger partial charge is 0.277 e. The van der Waals surface area contributed by atoms with E-state index < -0.39 is 10.0 Å². The van der Waals surface area contributed by atoms with Gasteiger partial charge in [-0.05, 0) is 49.9 Å². The summed E-state index contributed by atoms with van der Waals surface area (Å²) in [6.07, 6.45) is 5.92. The first-order chi connectivity index (χ1) is 13.3. The van der Waals surface area contributed by atoms with E-state index in [4.69, 9.17) is 0 Å². The first-order valence-electron chi connectivity index (χ1n) is 10.5. The molecule has 2 fully saturated rings. The van der Waals surface area contributed by atoms with Crippen molar-refractivity contribution >= 4 is 15.9 Å². The molecule has 0 bridgehead atoms. The van der Waals surface area contributed by atoms with Gasteiger partial charge in [-0.25, -0.2) is 8.42 Å². The van der Waals surface area contributed by atoms with Crippen LogP contribution in [0.4, 0.5) is 0 Å². The Bertz CT molecular complexity index is 795. The predicted octanol–water partition coefficient (Wildman–Crippen LogP) is 0.984. The number of quaternary nitrogens is 1. The van der Waals surface area contributed by atoms with Gasteiger partial charge in [0.05, 0.1) is 31.1 Å². The van der Waals surface area contributed by atoms with Gasteiger partial charge in [-0.15, -0.1) is 0 Å². The molecular formula is C21H34N3O3S+. The van der Waals surface area contributed by atoms with Gasteiger partial charge in [-0.3, -0.25) is 4.79 Å². The summed E-state index contributed by atoms with van der Waals surface area (Å²) >= 11 is 0. The fraction of sp³-hybridized carbons (Fsp3) is 0.667. The first-order valence-corrected chi connectivity index (χ1v) is 11.9. The van der Waals surface area contributed by atoms with Gasteiger partial charge in [0.1, 0.15) is 0 Å². The number of hydrogen-bond donors (Lipinski definition) is 1. The Labute approximate surface area is 169 Å². The van der Waals surface area contributed by atoms with Crippen LogP contribution in [0.3, 0.4) is 0 Å². The van der Waals surface area contributed by atoms with Crippen molar-refractivity contribution in [2.24, 2.45) is 0 Å². The fourth-order valence-corrected chi connectivity index (χ4v) is 5.78. The number of carbonyl (C=O) groups is 1. The molecule has 28 heavy (non-hydrogen) atoms. The Hall–Kier alpha value is -1.44. The molecule has 0 radical (unpaired) electrons. The molecule has 3 rings (SSSR count). The lowest BCUT2D eigenvalue weighted by atomic mass is 9.94. The Balaban J connectivity index is 1.55. The largest absolute Gasteiger partial charge is 0.338 e. The van der Waals surface area contributed by atoms with E-state index in [2.05, 4.69) is 0 Å². The van der Waals surface area contributed by atoms with Crippen LogP contribution < -0.4 is 4.90 Å². The number of nitrogens with zero attached hydrogens (tertiary/aromatic N) is 2. The highest BCUT2D eigenvalue weighted by atomic mass is 32.2. The monoisotopic (exact) mass is 408 g/mol. The van der Waals surface area contributed by atoms with E-state index in [1.54, 1.807) is 16.4 Å². The van der Waals surface area contributed by atoms with Crippen LogP contribution in [0.15, 0.2) is 23.1 Å². The zero-order valence-corrected chi connectivity index (χ0v) is 18.2. The Morgan fingerprint density at radius 1 is 1.11 bits per heavy atom. The van der Waals surface area contributed by atoms with Crippen LogP contribution in [0.25, 0.3) is 0 Å². The average Bonchev–Trinajstić information content (AvgIpc) is 2.70. The molecule has 0 spiro atoms. The molecule has 1 amide bonds. The Morgan fingerprint density at radius 2 is 1.75 bits per heavy atom. The molecule has 1 N–H and O–H groups in total. The maximum Gasteiger partial charge on any atom is 0.277 e. The van der Waals surface area contributed by atoms with E-state index in [9.17, 15) is 13.2 Å². The molecule has 1 aromatic rings. The van der Waals surface area contributed by atoms with E-state index in [0.717, 1.165) is 24.0 Å². The number of carbonyl (C=O) groups excluding carboxylic acids is 1. The maximum absolute atomic E-state index is 12.9. The normalized spacial score (nSPS) is 20.2. The second kappa shape index (κ2) is 8.93. The third-order valence-corrected chi connectivity index (χ3v) is 8.36. The molecule has 2 aliphatic rings. The molecule has 1 aromatic carbocycles. The van der Waals surface area contributed by atoms with Gasteiger partial charge in [0.2, 0.25) is 10.0 Å². The first kappa shape index (κ1) is 21.3. The highest BCUT2D eigenvalue weighted by Gasteiger charge is 2.32. The second-order valence-corrected chi connectivity index (χ2v) is 10.3. The summed E-state index contributed by atoms with van der Waals surface area (Å²) < 4.78 is 27.4. The van der Waals surface area contributed by atoms with Crippen molar-refractivity contribution in [2.75, 3.05) is 39.8 Å². The van der Waals surface area contributed by atoms with Crippen molar-refractivity contribution in [3.8, 4) is 0 Å². The second-order valence-electron chi connectivity index (χ2n) is 8.37. The van der Waals surface area contributed by atoms with Crippen molar-refractivity contribution in [1.82, 2.24) is 9.21 Å². The lowest BCUT2D eigenvalue weighted by Crippen LogP contribution is -3.15. The van der Waals surface area contributed by atoms with Crippen molar-refractivity contribution in [2.45, 2.75) is 56.9 Å². The van der Waals surface area contributed by atoms with E-state index in [1.807, 2.05) is 31.9 Å². The molecule has 0 atom stereocenters. The number of likely N-dealkylation sites (N-methyl/N-ethyl adjacent to an activating group) is 1. The van der Waals surface area contributed by atoms with Gasteiger partial charge in [0, 0.05) is 13.1 Å². The summed E-state index contributed by atoms with van der Waals surface area (Å²) in [5.41, 5.74) is 2.08. The van der Waals surface area contributed by atoms with E-state index in [0.29, 0.717) is 43.7 Å². The lowest BCUT2D eigenvalue weighted by molar-refractivity contribution is -0.896. The number of rotatable bonds is 5. The number of amides is 1. The molecule has 0 aromatic heterocycles. The van der Waals surface area contributed by atoms with Crippen LogP contribution in [-0.2, 0) is 14.8 Å². The summed E-state index contributed by atoms with van der Waals surface area (Å²) in [6, 6.07) is 5.70. The molecule has 1 saturated carbocycles. The average molecular weight is 409 g/mol. The summed E-state index contributed by atoms with van der Waals surface area (Å²) in [5.74, 6) is 0.187. The van der Waals surface area contributed by atoms with Gasteiger partial charge < -0.3 is 9.80 Å². The van der Waals surface area contributed by atoms with Gasteiger partial charge in [-0.2, -0.15) is 4.31 Å². The van der Waals surface area contributed by atoms with Crippen molar-refractivity contribution < 1.29 is 18.1 Å². The molecule has 6 nitrogen and oxygen atoms in total. The van der Waals surface area contributed by atoms with Crippen molar-refractivity contribution in [1.29, 1.82) is 0 Å². The van der Waals surface area contributed by atoms with Gasteiger partial charge in [-0.1, -0.05) is 25.3 Å². The standard InChI is InChI=1S/C21H33N3O3S/c1-17-9-10-20(15-18(17)2)28(26,27)24-13-11-23(12-14-24)16-21(25)22(3)19-7-5-4-6-8-19/h9-10,15,19H,4-8,11-14,16H2,1-3H3/p+1. The van der Waals surface area contributed by atoms with Crippen LogP contribution in [0.1, 0.15) is 43.2 Å². The number of nitrogens with one attached hydrogen (secondary N) is 1. The lowest BCUT2D eigenvalue weighted by Gasteiger charge is -2.34. The minimum absolute atomic E-state index is 0.187. The zero-order chi connectivity index (χ0) is 20.3. The summed E-state index contributed by atoms with van der Waals surface area (Å²) in [6.45, 7) is 6.66. The summed E-state index contributed by atoms with van der Waals surface area (Å²) in [5, 5.41) is 0. The number of benzene rings is 1. The van der Waals surface area contributed by atoms with E-state index in [1.165, 1.54) is 24.2 Å². The molecule has 0 unspecified atom stereocenters. The van der Waals surface area contributed by atoms with Crippen LogP contribution in [0, 0.1) is 13.8 Å². The fourth-order valence-electron chi connectivity index (χ4n) is 4.25. The molecule has 1 aliphatic heterocycles.